The van der Waals surface area contributed by atoms with E-state index in [4.69, 9.17) is 15.2 Å². The van der Waals surface area contributed by atoms with Gasteiger partial charge in [-0.25, -0.2) is 4.98 Å². The molecule has 0 spiro atoms. The Balaban J connectivity index is 1.28. The second-order valence-corrected chi connectivity index (χ2v) is 10.2. The molecule has 9 nitrogen and oxygen atoms in total. The smallest absolute Gasteiger partial charge is 0.225 e. The van der Waals surface area contributed by atoms with Gasteiger partial charge in [0.1, 0.15) is 5.82 Å². The molecule has 2 aromatic heterocycles. The van der Waals surface area contributed by atoms with E-state index < -0.39 is 0 Å². The molecule has 0 radical (unpaired) electrons. The summed E-state index contributed by atoms with van der Waals surface area (Å²) in [5.74, 6) is 2.19. The lowest BCUT2D eigenvalue weighted by atomic mass is 9.97. The molecular formula is C26H33N9. The number of nitriles is 1. The molecular weight excluding hydrogens is 438 g/mol. The molecule has 0 aliphatic carbocycles. The van der Waals surface area contributed by atoms with Crippen LogP contribution in [0.15, 0.2) is 24.3 Å². The summed E-state index contributed by atoms with van der Waals surface area (Å²) in [5, 5.41) is 24.4. The van der Waals surface area contributed by atoms with Crippen LogP contribution in [0.25, 0.3) is 10.9 Å². The Morgan fingerprint density at radius 3 is 2.63 bits per heavy atom. The predicted octanol–water partition coefficient (Wildman–Crippen LogP) is 4.33. The van der Waals surface area contributed by atoms with E-state index in [1.807, 2.05) is 13.0 Å². The van der Waals surface area contributed by atoms with Crippen molar-refractivity contribution < 1.29 is 0 Å². The number of H-pyrrole nitrogens is 1. The van der Waals surface area contributed by atoms with E-state index in [1.54, 1.807) is 0 Å². The van der Waals surface area contributed by atoms with Gasteiger partial charge in [-0.05, 0) is 63.6 Å². The van der Waals surface area contributed by atoms with E-state index in [2.05, 4.69) is 54.9 Å². The second-order valence-electron chi connectivity index (χ2n) is 10.2. The predicted molar refractivity (Wildman–Crippen MR) is 138 cm³/mol. The van der Waals surface area contributed by atoms with E-state index in [9.17, 15) is 0 Å². The van der Waals surface area contributed by atoms with Crippen molar-refractivity contribution in [3.8, 4) is 6.07 Å². The lowest BCUT2D eigenvalue weighted by Gasteiger charge is -2.38. The van der Waals surface area contributed by atoms with Crippen LogP contribution < -0.4 is 15.5 Å². The van der Waals surface area contributed by atoms with E-state index in [-0.39, 0.29) is 0 Å². The molecule has 3 saturated heterocycles. The number of rotatable bonds is 7. The normalized spacial score (nSPS) is 24.1. The maximum absolute atomic E-state index is 9.02. The molecule has 9 heteroatoms. The molecule has 3 aliphatic rings. The fourth-order valence-corrected chi connectivity index (χ4v) is 6.17. The van der Waals surface area contributed by atoms with Crippen molar-refractivity contribution in [3.63, 3.8) is 0 Å². The van der Waals surface area contributed by atoms with E-state index in [0.29, 0.717) is 30.5 Å². The molecule has 0 saturated carbocycles. The first-order valence-corrected chi connectivity index (χ1v) is 12.9. The van der Waals surface area contributed by atoms with Gasteiger partial charge in [0.15, 0.2) is 5.82 Å². The van der Waals surface area contributed by atoms with E-state index >= 15 is 0 Å². The zero-order valence-corrected chi connectivity index (χ0v) is 20.3. The van der Waals surface area contributed by atoms with Crippen LogP contribution in [0.5, 0.6) is 0 Å². The third-order valence-electron chi connectivity index (χ3n) is 7.80. The average molecular weight is 472 g/mol. The van der Waals surface area contributed by atoms with Crippen LogP contribution in [0.3, 0.4) is 0 Å². The highest BCUT2D eigenvalue weighted by Crippen LogP contribution is 2.37. The summed E-state index contributed by atoms with van der Waals surface area (Å²) in [4.78, 5) is 14.9. The Morgan fingerprint density at radius 2 is 1.91 bits per heavy atom. The van der Waals surface area contributed by atoms with Gasteiger partial charge < -0.3 is 15.5 Å². The quantitative estimate of drug-likeness (QED) is 0.467. The molecule has 3 aromatic rings. The zero-order valence-electron chi connectivity index (χ0n) is 20.3. The molecule has 5 heterocycles. The van der Waals surface area contributed by atoms with Crippen LogP contribution in [0.1, 0.15) is 50.6 Å². The average Bonchev–Trinajstić information content (AvgIpc) is 3.58. The highest BCUT2D eigenvalue weighted by atomic mass is 15.3. The Labute approximate surface area is 205 Å². The maximum atomic E-state index is 9.02. The van der Waals surface area contributed by atoms with Crippen molar-refractivity contribution in [1.82, 2.24) is 25.1 Å². The third-order valence-corrected chi connectivity index (χ3v) is 7.80. The van der Waals surface area contributed by atoms with Gasteiger partial charge in [-0.1, -0.05) is 0 Å². The molecule has 182 valence electrons. The van der Waals surface area contributed by atoms with Crippen molar-refractivity contribution in [1.29, 1.82) is 5.26 Å². The first kappa shape index (κ1) is 22.1. The van der Waals surface area contributed by atoms with Crippen LogP contribution in [0.2, 0.25) is 0 Å². The van der Waals surface area contributed by atoms with Gasteiger partial charge in [-0.3, -0.25) is 10.00 Å². The molecule has 3 fully saturated rings. The van der Waals surface area contributed by atoms with Gasteiger partial charge in [0.05, 0.1) is 11.6 Å². The lowest BCUT2D eigenvalue weighted by molar-refractivity contribution is 0.135. The van der Waals surface area contributed by atoms with Gasteiger partial charge >= 0.3 is 0 Å². The first-order valence-electron chi connectivity index (χ1n) is 12.9. The summed E-state index contributed by atoms with van der Waals surface area (Å²) < 4.78 is 0. The minimum Gasteiger partial charge on any atom is -0.371 e. The summed E-state index contributed by atoms with van der Waals surface area (Å²) >= 11 is 0. The van der Waals surface area contributed by atoms with Gasteiger partial charge in [0.25, 0.3) is 0 Å². The Hall–Kier alpha value is -3.38. The number of nitrogens with one attached hydrogen (secondary N) is 3. The number of anilines is 4. The maximum Gasteiger partial charge on any atom is 0.225 e. The Kier molecular flexibility index (Phi) is 5.90. The van der Waals surface area contributed by atoms with Crippen molar-refractivity contribution in [2.75, 3.05) is 35.2 Å². The molecule has 3 aliphatic heterocycles. The van der Waals surface area contributed by atoms with Crippen molar-refractivity contribution in [3.05, 3.63) is 30.0 Å². The number of benzene rings is 1. The fourth-order valence-electron chi connectivity index (χ4n) is 6.17. The number of hydrogen-bond acceptors (Lipinski definition) is 8. The number of aryl methyl sites for hydroxylation is 1. The molecule has 0 amide bonds. The van der Waals surface area contributed by atoms with Crippen molar-refractivity contribution in [2.24, 2.45) is 0 Å². The van der Waals surface area contributed by atoms with Crippen molar-refractivity contribution >= 4 is 34.2 Å². The number of nitrogens with zero attached hydrogens (tertiary/aromatic N) is 6. The third kappa shape index (κ3) is 4.50. The minimum absolute atomic E-state index is 0.338. The zero-order chi connectivity index (χ0) is 23.8. The Bertz CT molecular complexity index is 1230. The van der Waals surface area contributed by atoms with Crippen LogP contribution in [-0.2, 0) is 0 Å². The molecule has 3 N–H and O–H groups in total. The molecule has 1 unspecified atom stereocenters. The van der Waals surface area contributed by atoms with Crippen LogP contribution >= 0.6 is 0 Å². The highest BCUT2D eigenvalue weighted by molar-refractivity contribution is 5.93. The summed E-state index contributed by atoms with van der Waals surface area (Å²) in [5.41, 5.74) is 3.17. The standard InChI is InChI=1S/C26H33N9/c1-17-13-24(33-32-17)30-25-22-8-7-19(34-10-2-3-11-34)16-23(22)29-26(31-25)28-18-14-20-5-6-21(15-18)35(20)12-4-9-27/h7-8,13,16,18,20-21H,2-6,10-12,14-15H2,1H3,(H3,28,29,30,31,32,33)/t18?,20-,21+. The number of fused-ring (bicyclic) bond motifs is 3. The van der Waals surface area contributed by atoms with Crippen LogP contribution in [0, 0.1) is 18.3 Å². The first-order chi connectivity index (χ1) is 17.2. The number of aromatic amines is 1. The summed E-state index contributed by atoms with van der Waals surface area (Å²) in [6.07, 6.45) is 7.68. The number of aromatic nitrogens is 4. The number of piperidine rings is 1. The van der Waals surface area contributed by atoms with Gasteiger partial charge in [-0.15, -0.1) is 0 Å². The Morgan fingerprint density at radius 1 is 1.11 bits per heavy atom. The van der Waals surface area contributed by atoms with Crippen molar-refractivity contribution in [2.45, 2.75) is 70.0 Å². The van der Waals surface area contributed by atoms with Crippen LogP contribution in [-0.4, -0.2) is 62.8 Å². The largest absolute Gasteiger partial charge is 0.371 e. The summed E-state index contributed by atoms with van der Waals surface area (Å²) in [6, 6.07) is 12.2. The molecule has 35 heavy (non-hydrogen) atoms. The van der Waals surface area contributed by atoms with E-state index in [0.717, 1.165) is 60.7 Å². The second kappa shape index (κ2) is 9.34. The SMILES string of the molecule is Cc1cc(Nc2nc(NC3C[C@H]4CC[C@@H](C3)N4CCC#N)nc3cc(N4CCCC4)ccc23)n[nH]1. The molecule has 3 atom stereocenters. The lowest BCUT2D eigenvalue weighted by Crippen LogP contribution is -2.47. The summed E-state index contributed by atoms with van der Waals surface area (Å²) in [6.45, 7) is 5.09. The highest BCUT2D eigenvalue weighted by Gasteiger charge is 2.40. The molecule has 6 rings (SSSR count). The van der Waals surface area contributed by atoms with Gasteiger partial charge in [-0.2, -0.15) is 15.3 Å². The number of hydrogen-bond donors (Lipinski definition) is 3. The molecule has 2 bridgehead atoms. The van der Waals surface area contributed by atoms with Gasteiger partial charge in [0, 0.05) is 67.0 Å². The molecule has 1 aromatic carbocycles. The topological polar surface area (TPSA) is 109 Å². The van der Waals surface area contributed by atoms with E-state index in [1.165, 1.54) is 31.4 Å². The van der Waals surface area contributed by atoms with Crippen LogP contribution in [0.4, 0.5) is 23.3 Å². The minimum atomic E-state index is 0.338. The van der Waals surface area contributed by atoms with Gasteiger partial charge in [0.2, 0.25) is 5.95 Å². The monoisotopic (exact) mass is 471 g/mol. The fraction of sp³-hybridized carbons (Fsp3) is 0.538. The summed E-state index contributed by atoms with van der Waals surface area (Å²) in [7, 11) is 0.